The molecule has 0 fully saturated rings. The van der Waals surface area contributed by atoms with Crippen LogP contribution in [0.1, 0.15) is 33.2 Å². The van der Waals surface area contributed by atoms with Crippen LogP contribution in [0.2, 0.25) is 0 Å². The summed E-state index contributed by atoms with van der Waals surface area (Å²) in [6.45, 7) is 1.95. The molecular formula is C24H22O5. The number of rotatable bonds is 8. The van der Waals surface area contributed by atoms with Gasteiger partial charge in [0.25, 0.3) is 0 Å². The lowest BCUT2D eigenvalue weighted by atomic mass is 10.1. The monoisotopic (exact) mass is 390 g/mol. The Labute approximate surface area is 169 Å². The van der Waals surface area contributed by atoms with E-state index in [9.17, 15) is 9.59 Å². The number of esters is 1. The van der Waals surface area contributed by atoms with E-state index in [4.69, 9.17) is 14.2 Å². The largest absolute Gasteiger partial charge is 0.497 e. The first-order valence-electron chi connectivity index (χ1n) is 9.23. The predicted octanol–water partition coefficient (Wildman–Crippen LogP) is 4.70. The van der Waals surface area contributed by atoms with E-state index in [-0.39, 0.29) is 5.78 Å². The van der Waals surface area contributed by atoms with Gasteiger partial charge in [0.05, 0.1) is 12.7 Å². The zero-order valence-corrected chi connectivity index (χ0v) is 16.3. The van der Waals surface area contributed by atoms with Gasteiger partial charge in [-0.1, -0.05) is 36.4 Å². The van der Waals surface area contributed by atoms with Gasteiger partial charge in [-0.15, -0.1) is 0 Å². The molecule has 1 atom stereocenters. The van der Waals surface area contributed by atoms with Crippen LogP contribution in [0.15, 0.2) is 78.9 Å². The van der Waals surface area contributed by atoms with Crippen LogP contribution in [0.25, 0.3) is 0 Å². The molecular weight excluding hydrogens is 368 g/mol. The van der Waals surface area contributed by atoms with Gasteiger partial charge in [0, 0.05) is 5.56 Å². The van der Waals surface area contributed by atoms with Gasteiger partial charge in [0.15, 0.2) is 6.10 Å². The molecule has 5 nitrogen and oxygen atoms in total. The molecule has 29 heavy (non-hydrogen) atoms. The molecule has 0 unspecified atom stereocenters. The molecule has 3 aromatic rings. The number of hydrogen-bond acceptors (Lipinski definition) is 5. The Morgan fingerprint density at radius 2 is 1.55 bits per heavy atom. The summed E-state index contributed by atoms with van der Waals surface area (Å²) in [5.74, 6) is 0.345. The molecule has 3 aromatic carbocycles. The van der Waals surface area contributed by atoms with Crippen molar-refractivity contribution in [3.05, 3.63) is 95.6 Å². The van der Waals surface area contributed by atoms with E-state index in [0.717, 1.165) is 5.56 Å². The van der Waals surface area contributed by atoms with Gasteiger partial charge in [0.2, 0.25) is 5.78 Å². The number of methoxy groups -OCH3 is 1. The number of benzene rings is 3. The van der Waals surface area contributed by atoms with Gasteiger partial charge in [-0.2, -0.15) is 0 Å². The normalized spacial score (nSPS) is 11.4. The fraction of sp³-hybridized carbons (Fsp3) is 0.167. The molecule has 0 amide bonds. The van der Waals surface area contributed by atoms with Crippen molar-refractivity contribution in [3.8, 4) is 11.5 Å². The lowest BCUT2D eigenvalue weighted by Gasteiger charge is -2.13. The summed E-state index contributed by atoms with van der Waals surface area (Å²) in [5.41, 5.74) is 1.80. The lowest BCUT2D eigenvalue weighted by Crippen LogP contribution is -2.24. The highest BCUT2D eigenvalue weighted by atomic mass is 16.5. The summed E-state index contributed by atoms with van der Waals surface area (Å²) >= 11 is 0. The molecule has 0 heterocycles. The second-order valence-electron chi connectivity index (χ2n) is 6.44. The van der Waals surface area contributed by atoms with Gasteiger partial charge in [-0.3, -0.25) is 4.79 Å². The minimum atomic E-state index is -0.912. The van der Waals surface area contributed by atoms with Crippen molar-refractivity contribution < 1.29 is 23.8 Å². The van der Waals surface area contributed by atoms with Gasteiger partial charge >= 0.3 is 5.97 Å². The van der Waals surface area contributed by atoms with E-state index < -0.39 is 12.1 Å². The second kappa shape index (κ2) is 9.55. The molecule has 0 aliphatic heterocycles. The maximum Gasteiger partial charge on any atom is 0.338 e. The van der Waals surface area contributed by atoms with Crippen LogP contribution in [0.5, 0.6) is 11.5 Å². The van der Waals surface area contributed by atoms with E-state index >= 15 is 0 Å². The third-order valence-corrected chi connectivity index (χ3v) is 4.35. The van der Waals surface area contributed by atoms with Crippen molar-refractivity contribution in [2.75, 3.05) is 7.11 Å². The molecule has 0 radical (unpaired) electrons. The molecule has 3 rings (SSSR count). The van der Waals surface area contributed by atoms with Crippen LogP contribution >= 0.6 is 0 Å². The van der Waals surface area contributed by atoms with E-state index in [2.05, 4.69) is 0 Å². The number of hydrogen-bond donors (Lipinski definition) is 0. The highest BCUT2D eigenvalue weighted by Gasteiger charge is 2.20. The third-order valence-electron chi connectivity index (χ3n) is 4.35. The number of carbonyl (C=O) groups is 2. The van der Waals surface area contributed by atoms with E-state index in [1.807, 2.05) is 30.3 Å². The molecule has 0 aliphatic rings. The van der Waals surface area contributed by atoms with Crippen molar-refractivity contribution in [3.63, 3.8) is 0 Å². The van der Waals surface area contributed by atoms with E-state index in [1.54, 1.807) is 62.6 Å². The van der Waals surface area contributed by atoms with Crippen LogP contribution < -0.4 is 9.47 Å². The zero-order chi connectivity index (χ0) is 20.6. The van der Waals surface area contributed by atoms with Gasteiger partial charge < -0.3 is 14.2 Å². The summed E-state index contributed by atoms with van der Waals surface area (Å²) in [5, 5.41) is 0. The quantitative estimate of drug-likeness (QED) is 0.412. The first kappa shape index (κ1) is 20.1. The summed E-state index contributed by atoms with van der Waals surface area (Å²) in [6.07, 6.45) is -0.912. The zero-order valence-electron chi connectivity index (χ0n) is 16.3. The average Bonchev–Trinajstić information content (AvgIpc) is 2.78. The first-order chi connectivity index (χ1) is 14.1. The maximum atomic E-state index is 12.5. The van der Waals surface area contributed by atoms with Crippen molar-refractivity contribution >= 4 is 11.8 Å². The van der Waals surface area contributed by atoms with Crippen LogP contribution in [0.4, 0.5) is 0 Å². The molecule has 0 aliphatic carbocycles. The minimum absolute atomic E-state index is 0.280. The molecule has 0 saturated heterocycles. The summed E-state index contributed by atoms with van der Waals surface area (Å²) in [6, 6.07) is 23.1. The molecule has 0 spiro atoms. The topological polar surface area (TPSA) is 61.8 Å². The third kappa shape index (κ3) is 5.45. The first-order valence-corrected chi connectivity index (χ1v) is 9.23. The Morgan fingerprint density at radius 1 is 0.828 bits per heavy atom. The van der Waals surface area contributed by atoms with Crippen LogP contribution in [-0.2, 0) is 11.3 Å². The molecule has 0 aromatic heterocycles. The summed E-state index contributed by atoms with van der Waals surface area (Å²) < 4.78 is 16.2. The Kier molecular flexibility index (Phi) is 6.63. The average molecular weight is 390 g/mol. The van der Waals surface area contributed by atoms with Crippen molar-refractivity contribution in [1.29, 1.82) is 0 Å². The van der Waals surface area contributed by atoms with Crippen LogP contribution in [0, 0.1) is 0 Å². The fourth-order valence-electron chi connectivity index (χ4n) is 2.73. The molecule has 0 N–H and O–H groups in total. The van der Waals surface area contributed by atoms with Gasteiger partial charge in [0.1, 0.15) is 18.1 Å². The number of Topliss-reactive ketones (excluding diaryl/α,β-unsaturated/α-hetero) is 1. The smallest absolute Gasteiger partial charge is 0.338 e. The second-order valence-corrected chi connectivity index (χ2v) is 6.44. The number of ether oxygens (including phenoxy) is 3. The van der Waals surface area contributed by atoms with Gasteiger partial charge in [-0.05, 0) is 55.0 Å². The highest BCUT2D eigenvalue weighted by Crippen LogP contribution is 2.18. The standard InChI is InChI=1S/C24H22O5/c1-17(23(25)19-11-13-21(27-2)14-12-19)29-24(26)20-9-6-10-22(15-20)28-16-18-7-4-3-5-8-18/h3-15,17H,16H2,1-2H3/t17-/m0/s1. The molecule has 5 heteroatoms. The highest BCUT2D eigenvalue weighted by molar-refractivity contribution is 6.01. The van der Waals surface area contributed by atoms with Gasteiger partial charge in [-0.25, -0.2) is 4.79 Å². The van der Waals surface area contributed by atoms with Crippen molar-refractivity contribution in [1.82, 2.24) is 0 Å². The lowest BCUT2D eigenvalue weighted by molar-refractivity contribution is 0.0318. The van der Waals surface area contributed by atoms with Crippen LogP contribution in [-0.4, -0.2) is 25.0 Å². The summed E-state index contributed by atoms with van der Waals surface area (Å²) in [7, 11) is 1.55. The maximum absolute atomic E-state index is 12.5. The fourth-order valence-corrected chi connectivity index (χ4v) is 2.73. The minimum Gasteiger partial charge on any atom is -0.497 e. The predicted molar refractivity (Wildman–Crippen MR) is 109 cm³/mol. The Morgan fingerprint density at radius 3 is 2.24 bits per heavy atom. The Bertz CT molecular complexity index is 964. The Hall–Kier alpha value is -3.60. The Balaban J connectivity index is 1.61. The van der Waals surface area contributed by atoms with Crippen molar-refractivity contribution in [2.24, 2.45) is 0 Å². The van der Waals surface area contributed by atoms with Crippen molar-refractivity contribution in [2.45, 2.75) is 19.6 Å². The van der Waals surface area contributed by atoms with E-state index in [1.165, 1.54) is 0 Å². The molecule has 148 valence electrons. The molecule has 0 saturated carbocycles. The summed E-state index contributed by atoms with van der Waals surface area (Å²) in [4.78, 5) is 25.0. The molecule has 0 bridgehead atoms. The number of carbonyl (C=O) groups excluding carboxylic acids is 2. The number of ketones is 1. The van der Waals surface area contributed by atoms with E-state index in [0.29, 0.717) is 29.2 Å². The van der Waals surface area contributed by atoms with Crippen LogP contribution in [0.3, 0.4) is 0 Å². The SMILES string of the molecule is COc1ccc(C(=O)[C@H](C)OC(=O)c2cccc(OCc3ccccc3)c2)cc1.